The fraction of sp³-hybridized carbons (Fsp3) is 0.417. The Balaban J connectivity index is 1.63. The summed E-state index contributed by atoms with van der Waals surface area (Å²) in [6.45, 7) is 5.86. The zero-order chi connectivity index (χ0) is 27.0. The third-order valence-corrected chi connectivity index (χ3v) is 7.30. The van der Waals surface area contributed by atoms with Crippen molar-refractivity contribution in [1.82, 2.24) is 14.6 Å². The summed E-state index contributed by atoms with van der Waals surface area (Å²) in [4.78, 5) is 16.0. The highest BCUT2D eigenvalue weighted by Gasteiger charge is 2.35. The molecule has 1 amide bonds. The fourth-order valence-electron chi connectivity index (χ4n) is 3.77. The number of morpholine rings is 1. The normalized spacial score (nSPS) is 15.6. The molecule has 0 spiro atoms. The summed E-state index contributed by atoms with van der Waals surface area (Å²) >= 11 is 0. The number of carbonyl (C=O) groups excluding carboxylic acids is 1. The van der Waals surface area contributed by atoms with Gasteiger partial charge in [0.05, 0.1) is 31.0 Å². The van der Waals surface area contributed by atoms with Crippen molar-refractivity contribution in [3.05, 3.63) is 47.9 Å². The van der Waals surface area contributed by atoms with E-state index in [2.05, 4.69) is 10.3 Å². The second-order valence-electron chi connectivity index (χ2n) is 9.40. The Morgan fingerprint density at radius 1 is 1.14 bits per heavy atom. The van der Waals surface area contributed by atoms with Gasteiger partial charge in [0, 0.05) is 30.2 Å². The van der Waals surface area contributed by atoms with E-state index >= 15 is 0 Å². The van der Waals surface area contributed by atoms with Crippen molar-refractivity contribution in [2.45, 2.75) is 44.0 Å². The summed E-state index contributed by atoms with van der Waals surface area (Å²) < 4.78 is 84.3. The largest absolute Gasteiger partial charge is 0.459 e. The summed E-state index contributed by atoms with van der Waals surface area (Å²) in [5.74, 6) is 0.100. The van der Waals surface area contributed by atoms with Gasteiger partial charge in [-0.3, -0.25) is 4.98 Å². The van der Waals surface area contributed by atoms with Crippen molar-refractivity contribution in [3.63, 3.8) is 0 Å². The van der Waals surface area contributed by atoms with Gasteiger partial charge in [-0.1, -0.05) is 0 Å². The van der Waals surface area contributed by atoms with Crippen molar-refractivity contribution in [3.8, 4) is 11.3 Å². The minimum absolute atomic E-state index is 0.0610. The number of halogens is 3. The van der Waals surface area contributed by atoms with E-state index in [0.717, 1.165) is 12.3 Å². The molecule has 1 aliphatic heterocycles. The van der Waals surface area contributed by atoms with E-state index in [1.165, 1.54) is 28.6 Å². The molecule has 3 heterocycles. The molecule has 3 aromatic rings. The molecule has 0 aliphatic carbocycles. The van der Waals surface area contributed by atoms with Crippen LogP contribution in [0.2, 0.25) is 0 Å². The van der Waals surface area contributed by atoms with Crippen LogP contribution in [0.5, 0.6) is 0 Å². The maximum absolute atomic E-state index is 13.9. The van der Waals surface area contributed by atoms with Crippen LogP contribution >= 0.6 is 0 Å². The zero-order valence-corrected chi connectivity index (χ0v) is 21.2. The summed E-state index contributed by atoms with van der Waals surface area (Å²) in [5.41, 5.74) is -1.86. The number of benzene rings is 1. The smallest absolute Gasteiger partial charge is 0.420 e. The molecule has 1 fully saturated rings. The number of aromatic nitrogens is 1. The lowest BCUT2D eigenvalue weighted by molar-refractivity contribution is -0.136. The van der Waals surface area contributed by atoms with Crippen LogP contribution in [0, 0.1) is 0 Å². The number of sulfonamides is 1. The molecule has 1 saturated heterocycles. The highest BCUT2D eigenvalue weighted by atomic mass is 32.2. The quantitative estimate of drug-likeness (QED) is 0.504. The monoisotopic (exact) mass is 541 g/mol. The van der Waals surface area contributed by atoms with Gasteiger partial charge in [-0.2, -0.15) is 17.5 Å². The minimum atomic E-state index is -4.73. The molecule has 1 N–H and O–H groups in total. The first kappa shape index (κ1) is 26.9. The van der Waals surface area contributed by atoms with Crippen LogP contribution in [0.25, 0.3) is 22.2 Å². The molecule has 0 unspecified atom stereocenters. The number of furan rings is 1. The number of ether oxygens (including phenoxy) is 2. The number of fused-ring (bicyclic) bond motifs is 1. The Morgan fingerprint density at radius 3 is 2.43 bits per heavy atom. The van der Waals surface area contributed by atoms with Crippen molar-refractivity contribution in [1.29, 1.82) is 0 Å². The number of alkyl halides is 3. The summed E-state index contributed by atoms with van der Waals surface area (Å²) in [5, 5.41) is 2.60. The molecular formula is C24H26F3N3O6S. The van der Waals surface area contributed by atoms with Crippen LogP contribution in [0.1, 0.15) is 32.1 Å². The first-order valence-corrected chi connectivity index (χ1v) is 12.8. The topological polar surface area (TPSA) is 111 Å². The van der Waals surface area contributed by atoms with Gasteiger partial charge in [0.15, 0.2) is 0 Å². The third kappa shape index (κ3) is 6.22. The molecule has 1 aliphatic rings. The molecule has 0 atom stereocenters. The van der Waals surface area contributed by atoms with E-state index in [9.17, 15) is 26.4 Å². The van der Waals surface area contributed by atoms with Gasteiger partial charge in [0.2, 0.25) is 10.0 Å². The van der Waals surface area contributed by atoms with Crippen LogP contribution in [0.4, 0.5) is 18.0 Å². The fourth-order valence-corrected chi connectivity index (χ4v) is 5.12. The number of nitrogens with one attached hydrogen (secondary N) is 1. The number of alkyl carbamates (subject to hydrolysis) is 1. The first-order valence-electron chi connectivity index (χ1n) is 11.4. The number of rotatable bonds is 5. The number of pyridine rings is 1. The Hall–Kier alpha value is -3.16. The lowest BCUT2D eigenvalue weighted by Crippen LogP contribution is -2.40. The average Bonchev–Trinajstić information content (AvgIpc) is 3.24. The summed E-state index contributed by atoms with van der Waals surface area (Å²) in [7, 11) is -3.80. The minimum Gasteiger partial charge on any atom is -0.459 e. The number of hydrogen-bond acceptors (Lipinski definition) is 7. The van der Waals surface area contributed by atoms with E-state index < -0.39 is 33.5 Å². The Kier molecular flexibility index (Phi) is 7.23. The summed E-state index contributed by atoms with van der Waals surface area (Å²) in [6, 6.07) is 6.43. The van der Waals surface area contributed by atoms with Gasteiger partial charge in [-0.05, 0) is 51.1 Å². The van der Waals surface area contributed by atoms with Gasteiger partial charge in [0.1, 0.15) is 21.8 Å². The van der Waals surface area contributed by atoms with Crippen LogP contribution in [-0.4, -0.2) is 55.7 Å². The van der Waals surface area contributed by atoms with Crippen molar-refractivity contribution < 1.29 is 40.3 Å². The van der Waals surface area contributed by atoms with Crippen molar-refractivity contribution in [2.75, 3.05) is 26.3 Å². The molecule has 0 saturated carbocycles. The number of amides is 1. The van der Waals surface area contributed by atoms with Gasteiger partial charge >= 0.3 is 12.3 Å². The maximum Gasteiger partial charge on any atom is 0.420 e. The van der Waals surface area contributed by atoms with E-state index in [-0.39, 0.29) is 65.7 Å². The van der Waals surface area contributed by atoms with Gasteiger partial charge < -0.3 is 19.2 Å². The van der Waals surface area contributed by atoms with Crippen LogP contribution in [0.15, 0.2) is 45.8 Å². The maximum atomic E-state index is 13.9. The van der Waals surface area contributed by atoms with Crippen molar-refractivity contribution in [2.24, 2.45) is 0 Å². The van der Waals surface area contributed by atoms with Crippen LogP contribution in [-0.2, 0) is 32.2 Å². The first-order chi connectivity index (χ1) is 17.2. The number of nitrogens with zero attached hydrogens (tertiary/aromatic N) is 2. The molecule has 1 aromatic carbocycles. The highest BCUT2D eigenvalue weighted by Crippen LogP contribution is 2.39. The predicted octanol–water partition coefficient (Wildman–Crippen LogP) is 4.56. The third-order valence-electron chi connectivity index (χ3n) is 5.42. The Bertz CT molecular complexity index is 1390. The summed E-state index contributed by atoms with van der Waals surface area (Å²) in [6.07, 6.45) is -4.34. The highest BCUT2D eigenvalue weighted by molar-refractivity contribution is 7.89. The molecule has 4 rings (SSSR count). The molecule has 0 radical (unpaired) electrons. The van der Waals surface area contributed by atoms with E-state index in [0.29, 0.717) is 0 Å². The molecule has 13 heteroatoms. The van der Waals surface area contributed by atoms with Gasteiger partial charge in [0.25, 0.3) is 0 Å². The molecule has 37 heavy (non-hydrogen) atoms. The van der Waals surface area contributed by atoms with E-state index in [1.54, 1.807) is 20.8 Å². The van der Waals surface area contributed by atoms with Gasteiger partial charge in [-0.15, -0.1) is 0 Å². The van der Waals surface area contributed by atoms with Gasteiger partial charge in [-0.25, -0.2) is 13.2 Å². The number of hydrogen-bond donors (Lipinski definition) is 1. The van der Waals surface area contributed by atoms with Crippen molar-refractivity contribution >= 4 is 27.1 Å². The molecule has 2 aromatic heterocycles. The lowest BCUT2D eigenvalue weighted by Gasteiger charge is -2.25. The second kappa shape index (κ2) is 9.95. The molecule has 0 bridgehead atoms. The van der Waals surface area contributed by atoms with Crippen LogP contribution in [0.3, 0.4) is 0 Å². The zero-order valence-electron chi connectivity index (χ0n) is 20.4. The van der Waals surface area contributed by atoms with E-state index in [1.807, 2.05) is 0 Å². The lowest BCUT2D eigenvalue weighted by atomic mass is 10.0. The molecular weight excluding hydrogens is 515 g/mol. The molecule has 9 nitrogen and oxygen atoms in total. The Morgan fingerprint density at radius 2 is 1.84 bits per heavy atom. The predicted molar refractivity (Wildman–Crippen MR) is 127 cm³/mol. The SMILES string of the molecule is CC(C)(C)OC(=O)NCc1cc2cc(-c3ccc(S(=O)(=O)N4CCOCC4)cn3)cc(C(F)(F)F)c2o1. The Labute approximate surface area is 211 Å². The molecule has 200 valence electrons. The number of carbonyl (C=O) groups is 1. The van der Waals surface area contributed by atoms with E-state index in [4.69, 9.17) is 13.9 Å². The second-order valence-corrected chi connectivity index (χ2v) is 11.3. The average molecular weight is 542 g/mol. The standard InChI is InChI=1S/C24H26F3N3O6S/c1-23(2,3)36-22(31)29-13-17-11-16-10-15(12-19(21(16)35-17)24(25,26)27)20-5-4-18(14-28-20)37(32,33)30-6-8-34-9-7-30/h4-5,10-12,14H,6-9,13H2,1-3H3,(H,29,31). The van der Waals surface area contributed by atoms with Crippen LogP contribution < -0.4 is 5.32 Å².